The summed E-state index contributed by atoms with van der Waals surface area (Å²) < 4.78 is 5.51. The zero-order valence-electron chi connectivity index (χ0n) is 12.2. The summed E-state index contributed by atoms with van der Waals surface area (Å²) in [6.07, 6.45) is 11.8. The van der Waals surface area contributed by atoms with Crippen molar-refractivity contribution in [2.45, 2.75) is 51.4 Å². The van der Waals surface area contributed by atoms with Gasteiger partial charge in [-0.15, -0.1) is 6.58 Å². The molecule has 1 aromatic heterocycles. The SMILES string of the molecule is C=CCCCCCCCCCOc1cc(N)nc(N)n1. The highest BCUT2D eigenvalue weighted by atomic mass is 16.5. The minimum absolute atomic E-state index is 0.152. The number of nitrogens with two attached hydrogens (primary N) is 2. The number of nitrogen functional groups attached to an aromatic ring is 2. The third kappa shape index (κ3) is 7.61. The number of hydrogen-bond acceptors (Lipinski definition) is 5. The van der Waals surface area contributed by atoms with Gasteiger partial charge in [-0.2, -0.15) is 9.97 Å². The molecule has 5 heteroatoms. The third-order valence-electron chi connectivity index (χ3n) is 3.04. The first-order chi connectivity index (χ1) is 9.72. The van der Waals surface area contributed by atoms with E-state index in [1.165, 1.54) is 38.5 Å². The van der Waals surface area contributed by atoms with Gasteiger partial charge < -0.3 is 16.2 Å². The highest BCUT2D eigenvalue weighted by Crippen LogP contribution is 2.13. The first kappa shape index (κ1) is 16.3. The second-order valence-corrected chi connectivity index (χ2v) is 4.89. The predicted molar refractivity (Wildman–Crippen MR) is 83.5 cm³/mol. The number of aromatic nitrogens is 2. The number of hydrogen-bond donors (Lipinski definition) is 2. The van der Waals surface area contributed by atoms with E-state index in [0.29, 0.717) is 18.3 Å². The van der Waals surface area contributed by atoms with Crippen LogP contribution in [0.15, 0.2) is 18.7 Å². The molecule has 0 saturated heterocycles. The van der Waals surface area contributed by atoms with Crippen molar-refractivity contribution < 1.29 is 4.74 Å². The fourth-order valence-corrected chi connectivity index (χ4v) is 1.99. The summed E-state index contributed by atoms with van der Waals surface area (Å²) in [5, 5.41) is 0. The fourth-order valence-electron chi connectivity index (χ4n) is 1.99. The average Bonchev–Trinajstić information content (AvgIpc) is 2.40. The van der Waals surface area contributed by atoms with Gasteiger partial charge in [0.1, 0.15) is 5.82 Å². The molecule has 4 N–H and O–H groups in total. The minimum Gasteiger partial charge on any atom is -0.477 e. The lowest BCUT2D eigenvalue weighted by Crippen LogP contribution is -2.04. The van der Waals surface area contributed by atoms with Crippen LogP contribution in [-0.2, 0) is 0 Å². The van der Waals surface area contributed by atoms with Gasteiger partial charge in [0.05, 0.1) is 6.61 Å². The Hall–Kier alpha value is -1.78. The van der Waals surface area contributed by atoms with Crippen LogP contribution in [0, 0.1) is 0 Å². The van der Waals surface area contributed by atoms with Crippen molar-refractivity contribution in [2.24, 2.45) is 0 Å². The van der Waals surface area contributed by atoms with Crippen LogP contribution >= 0.6 is 0 Å². The molecule has 112 valence electrons. The van der Waals surface area contributed by atoms with Crippen LogP contribution < -0.4 is 16.2 Å². The summed E-state index contributed by atoms with van der Waals surface area (Å²) >= 11 is 0. The van der Waals surface area contributed by atoms with Gasteiger partial charge in [-0.25, -0.2) is 0 Å². The van der Waals surface area contributed by atoms with E-state index in [4.69, 9.17) is 16.2 Å². The van der Waals surface area contributed by atoms with Gasteiger partial charge in [-0.3, -0.25) is 0 Å². The number of rotatable bonds is 11. The van der Waals surface area contributed by atoms with Crippen LogP contribution in [0.3, 0.4) is 0 Å². The molecule has 1 rings (SSSR count). The Morgan fingerprint density at radius 1 is 1.00 bits per heavy atom. The Kier molecular flexibility index (Phi) is 8.19. The van der Waals surface area contributed by atoms with Gasteiger partial charge in [-0.1, -0.05) is 38.2 Å². The maximum absolute atomic E-state index is 5.56. The van der Waals surface area contributed by atoms with E-state index in [1.54, 1.807) is 6.07 Å². The standard InChI is InChI=1S/C15H26N4O/c1-2-3-4-5-6-7-8-9-10-11-20-14-12-13(16)18-15(17)19-14/h2,12H,1,3-11H2,(H4,16,17,18,19). The van der Waals surface area contributed by atoms with Crippen molar-refractivity contribution in [3.05, 3.63) is 18.7 Å². The van der Waals surface area contributed by atoms with Crippen LogP contribution in [0.1, 0.15) is 51.4 Å². The molecule has 0 bridgehead atoms. The molecule has 0 atom stereocenters. The molecule has 0 fully saturated rings. The predicted octanol–water partition coefficient (Wildman–Crippen LogP) is 3.33. The summed E-state index contributed by atoms with van der Waals surface area (Å²) in [4.78, 5) is 7.76. The summed E-state index contributed by atoms with van der Waals surface area (Å²) in [6, 6.07) is 1.59. The summed E-state index contributed by atoms with van der Waals surface area (Å²) in [7, 11) is 0. The average molecular weight is 278 g/mol. The Morgan fingerprint density at radius 3 is 2.30 bits per heavy atom. The molecular formula is C15H26N4O. The molecule has 0 aliphatic heterocycles. The second kappa shape index (κ2) is 10.1. The Bertz CT molecular complexity index is 375. The summed E-state index contributed by atoms with van der Waals surface area (Å²) in [6.45, 7) is 4.37. The number of anilines is 2. The van der Waals surface area contributed by atoms with Gasteiger partial charge in [-0.05, 0) is 19.3 Å². The van der Waals surface area contributed by atoms with E-state index in [9.17, 15) is 0 Å². The zero-order chi connectivity index (χ0) is 14.6. The first-order valence-corrected chi connectivity index (χ1v) is 7.36. The van der Waals surface area contributed by atoms with E-state index in [2.05, 4.69) is 16.5 Å². The fraction of sp³-hybridized carbons (Fsp3) is 0.600. The zero-order valence-corrected chi connectivity index (χ0v) is 12.2. The smallest absolute Gasteiger partial charge is 0.225 e. The maximum Gasteiger partial charge on any atom is 0.225 e. The molecule has 1 aromatic rings. The van der Waals surface area contributed by atoms with Gasteiger partial charge >= 0.3 is 0 Å². The van der Waals surface area contributed by atoms with Crippen LogP contribution in [0.4, 0.5) is 11.8 Å². The van der Waals surface area contributed by atoms with Gasteiger partial charge in [0.2, 0.25) is 11.8 Å². The van der Waals surface area contributed by atoms with Crippen molar-refractivity contribution in [1.29, 1.82) is 0 Å². The highest BCUT2D eigenvalue weighted by Gasteiger charge is 2.00. The topological polar surface area (TPSA) is 87.0 Å². The number of unbranched alkanes of at least 4 members (excludes halogenated alkanes) is 7. The van der Waals surface area contributed by atoms with Crippen LogP contribution in [0.25, 0.3) is 0 Å². The quantitative estimate of drug-likeness (QED) is 0.479. The Balaban J connectivity index is 1.98. The first-order valence-electron chi connectivity index (χ1n) is 7.36. The maximum atomic E-state index is 5.56. The lowest BCUT2D eigenvalue weighted by Gasteiger charge is -2.06. The molecule has 0 aromatic carbocycles. The normalized spacial score (nSPS) is 10.4. The van der Waals surface area contributed by atoms with Crippen molar-refractivity contribution in [2.75, 3.05) is 18.1 Å². The second-order valence-electron chi connectivity index (χ2n) is 4.89. The van der Waals surface area contributed by atoms with Crippen molar-refractivity contribution in [1.82, 2.24) is 9.97 Å². The molecule has 0 saturated carbocycles. The third-order valence-corrected chi connectivity index (χ3v) is 3.04. The van der Waals surface area contributed by atoms with E-state index in [1.807, 2.05) is 6.08 Å². The Morgan fingerprint density at radius 2 is 1.65 bits per heavy atom. The molecule has 0 aliphatic carbocycles. The number of nitrogens with zero attached hydrogens (tertiary/aromatic N) is 2. The van der Waals surface area contributed by atoms with Crippen molar-refractivity contribution >= 4 is 11.8 Å². The summed E-state index contributed by atoms with van der Waals surface area (Å²) in [5.74, 6) is 0.950. The van der Waals surface area contributed by atoms with Crippen LogP contribution in [0.2, 0.25) is 0 Å². The molecule has 20 heavy (non-hydrogen) atoms. The van der Waals surface area contributed by atoms with E-state index in [0.717, 1.165) is 12.8 Å². The molecule has 0 radical (unpaired) electrons. The molecule has 5 nitrogen and oxygen atoms in total. The van der Waals surface area contributed by atoms with Crippen LogP contribution in [0.5, 0.6) is 5.88 Å². The monoisotopic (exact) mass is 278 g/mol. The lowest BCUT2D eigenvalue weighted by atomic mass is 10.1. The number of allylic oxidation sites excluding steroid dienone is 1. The minimum atomic E-state index is 0.152. The van der Waals surface area contributed by atoms with Gasteiger partial charge in [0, 0.05) is 6.07 Å². The molecule has 0 unspecified atom stereocenters. The van der Waals surface area contributed by atoms with Crippen molar-refractivity contribution in [3.63, 3.8) is 0 Å². The van der Waals surface area contributed by atoms with E-state index >= 15 is 0 Å². The molecule has 0 spiro atoms. The van der Waals surface area contributed by atoms with Gasteiger partial charge in [0.15, 0.2) is 0 Å². The summed E-state index contributed by atoms with van der Waals surface area (Å²) in [5.41, 5.74) is 11.1. The molecule has 0 amide bonds. The lowest BCUT2D eigenvalue weighted by molar-refractivity contribution is 0.293. The largest absolute Gasteiger partial charge is 0.477 e. The molecule has 0 aliphatic rings. The molecule has 1 heterocycles. The van der Waals surface area contributed by atoms with E-state index in [-0.39, 0.29) is 5.95 Å². The van der Waals surface area contributed by atoms with Crippen molar-refractivity contribution in [3.8, 4) is 5.88 Å². The Labute approximate surface area is 121 Å². The van der Waals surface area contributed by atoms with Crippen LogP contribution in [-0.4, -0.2) is 16.6 Å². The highest BCUT2D eigenvalue weighted by molar-refractivity contribution is 5.38. The number of ether oxygens (including phenoxy) is 1. The van der Waals surface area contributed by atoms with E-state index < -0.39 is 0 Å². The molecular weight excluding hydrogens is 252 g/mol. The van der Waals surface area contributed by atoms with Gasteiger partial charge in [0.25, 0.3) is 0 Å².